The maximum Gasteiger partial charge on any atom is 0.222 e. The predicted molar refractivity (Wildman–Crippen MR) is 92.0 cm³/mol. The zero-order chi connectivity index (χ0) is 16.1. The summed E-state index contributed by atoms with van der Waals surface area (Å²) in [6, 6.07) is 8.03. The molecule has 0 amide bonds. The Kier molecular flexibility index (Phi) is 5.31. The summed E-state index contributed by atoms with van der Waals surface area (Å²) in [5, 5.41) is 4.15. The van der Waals surface area contributed by atoms with Crippen LogP contribution >= 0.6 is 11.6 Å². The second-order valence-electron chi connectivity index (χ2n) is 5.72. The van der Waals surface area contributed by atoms with Gasteiger partial charge in [0.25, 0.3) is 0 Å². The molecule has 2 heterocycles. The third kappa shape index (κ3) is 4.33. The Morgan fingerprint density at radius 2 is 2.00 bits per heavy atom. The van der Waals surface area contributed by atoms with Gasteiger partial charge >= 0.3 is 0 Å². The molecule has 0 atom stereocenters. The maximum absolute atomic E-state index is 6.11. The van der Waals surface area contributed by atoms with Crippen molar-refractivity contribution in [1.82, 2.24) is 14.9 Å². The molecule has 0 spiro atoms. The van der Waals surface area contributed by atoms with Gasteiger partial charge in [-0.1, -0.05) is 11.6 Å². The van der Waals surface area contributed by atoms with Crippen molar-refractivity contribution in [1.29, 1.82) is 0 Å². The molecule has 6 heteroatoms. The monoisotopic (exact) mass is 332 g/mol. The fraction of sp³-hybridized carbons (Fsp3) is 0.412. The number of ether oxygens (including phenoxy) is 1. The number of nitrogens with zero attached hydrogens (tertiary/aromatic N) is 3. The van der Waals surface area contributed by atoms with Crippen LogP contribution in [0.4, 0.5) is 5.95 Å². The molecule has 0 saturated carbocycles. The Bertz CT molecular complexity index is 630. The summed E-state index contributed by atoms with van der Waals surface area (Å²) >= 11 is 6.11. The van der Waals surface area contributed by atoms with Gasteiger partial charge in [-0.05, 0) is 37.1 Å². The number of piperidine rings is 1. The number of nitrogens with one attached hydrogen (secondary N) is 1. The first-order chi connectivity index (χ1) is 11.2. The topological polar surface area (TPSA) is 50.3 Å². The van der Waals surface area contributed by atoms with E-state index in [1.807, 2.05) is 24.3 Å². The van der Waals surface area contributed by atoms with Gasteiger partial charge in [0.1, 0.15) is 5.75 Å². The number of halogens is 1. The molecular formula is C17H21ClN4O. The molecule has 2 aromatic rings. The Balaban J connectivity index is 1.54. The van der Waals surface area contributed by atoms with E-state index in [0.717, 1.165) is 48.8 Å². The molecule has 0 unspecified atom stereocenters. The highest BCUT2D eigenvalue weighted by Crippen LogP contribution is 2.25. The van der Waals surface area contributed by atoms with Crippen molar-refractivity contribution in [3.05, 3.63) is 47.2 Å². The molecule has 23 heavy (non-hydrogen) atoms. The summed E-state index contributed by atoms with van der Waals surface area (Å²) < 4.78 is 5.43. The van der Waals surface area contributed by atoms with Gasteiger partial charge in [-0.15, -0.1) is 0 Å². The third-order valence-electron chi connectivity index (χ3n) is 4.12. The van der Waals surface area contributed by atoms with Crippen LogP contribution in [0.2, 0.25) is 5.02 Å². The molecule has 0 radical (unpaired) electrons. The summed E-state index contributed by atoms with van der Waals surface area (Å²) in [6.45, 7) is 2.92. The second-order valence-corrected chi connectivity index (χ2v) is 6.16. The van der Waals surface area contributed by atoms with Gasteiger partial charge in [0, 0.05) is 48.7 Å². The van der Waals surface area contributed by atoms with Crippen LogP contribution in [0.25, 0.3) is 0 Å². The average Bonchev–Trinajstić information content (AvgIpc) is 2.58. The summed E-state index contributed by atoms with van der Waals surface area (Å²) in [7, 11) is 1.70. The number of aromatic nitrogens is 2. The Morgan fingerprint density at radius 1 is 1.26 bits per heavy atom. The lowest BCUT2D eigenvalue weighted by Gasteiger charge is -2.32. The number of methoxy groups -OCH3 is 1. The van der Waals surface area contributed by atoms with E-state index < -0.39 is 0 Å². The number of benzene rings is 1. The van der Waals surface area contributed by atoms with E-state index in [1.165, 1.54) is 0 Å². The molecular weight excluding hydrogens is 312 g/mol. The maximum atomic E-state index is 6.11. The quantitative estimate of drug-likeness (QED) is 0.911. The van der Waals surface area contributed by atoms with Crippen molar-refractivity contribution in [3.63, 3.8) is 0 Å². The van der Waals surface area contributed by atoms with Gasteiger partial charge in [-0.3, -0.25) is 4.90 Å². The molecule has 5 nitrogen and oxygen atoms in total. The summed E-state index contributed by atoms with van der Waals surface area (Å²) in [4.78, 5) is 10.9. The SMILES string of the molecule is COc1ccc(Cl)cc1CN1CCC(Nc2ncccn2)CC1. The molecule has 1 N–H and O–H groups in total. The van der Waals surface area contributed by atoms with Gasteiger partial charge < -0.3 is 10.1 Å². The minimum absolute atomic E-state index is 0.426. The highest BCUT2D eigenvalue weighted by molar-refractivity contribution is 6.30. The zero-order valence-corrected chi connectivity index (χ0v) is 14.0. The molecule has 1 aromatic carbocycles. The highest BCUT2D eigenvalue weighted by atomic mass is 35.5. The third-order valence-corrected chi connectivity index (χ3v) is 4.36. The van der Waals surface area contributed by atoms with E-state index in [2.05, 4.69) is 20.2 Å². The first kappa shape index (κ1) is 16.0. The molecule has 1 fully saturated rings. The second kappa shape index (κ2) is 7.62. The standard InChI is InChI=1S/C17H21ClN4O/c1-23-16-4-3-14(18)11-13(16)12-22-9-5-15(6-10-22)21-17-19-7-2-8-20-17/h2-4,7-8,11,15H,5-6,9-10,12H2,1H3,(H,19,20,21). The molecule has 0 bridgehead atoms. The van der Waals surface area contributed by atoms with Crippen LogP contribution in [0.3, 0.4) is 0 Å². The van der Waals surface area contributed by atoms with Crippen LogP contribution in [0.15, 0.2) is 36.7 Å². The number of hydrogen-bond acceptors (Lipinski definition) is 5. The minimum Gasteiger partial charge on any atom is -0.496 e. The van der Waals surface area contributed by atoms with Gasteiger partial charge in [-0.25, -0.2) is 9.97 Å². The zero-order valence-electron chi connectivity index (χ0n) is 13.2. The Morgan fingerprint density at radius 3 is 2.70 bits per heavy atom. The van der Waals surface area contributed by atoms with Crippen LogP contribution in [-0.4, -0.2) is 41.1 Å². The Hall–Kier alpha value is -1.85. The van der Waals surface area contributed by atoms with E-state index in [0.29, 0.717) is 12.0 Å². The first-order valence-corrected chi connectivity index (χ1v) is 8.21. The summed E-state index contributed by atoms with van der Waals surface area (Å²) in [6.07, 6.45) is 5.66. The summed E-state index contributed by atoms with van der Waals surface area (Å²) in [5.41, 5.74) is 1.14. The fourth-order valence-electron chi connectivity index (χ4n) is 2.90. The van der Waals surface area contributed by atoms with Crippen molar-refractivity contribution in [3.8, 4) is 5.75 Å². The van der Waals surface area contributed by atoms with Crippen LogP contribution in [0, 0.1) is 0 Å². The van der Waals surface area contributed by atoms with E-state index in [4.69, 9.17) is 16.3 Å². The Labute approximate surface area is 141 Å². The van der Waals surface area contributed by atoms with Crippen molar-refractivity contribution >= 4 is 17.5 Å². The van der Waals surface area contributed by atoms with E-state index in [-0.39, 0.29) is 0 Å². The van der Waals surface area contributed by atoms with E-state index >= 15 is 0 Å². The van der Waals surface area contributed by atoms with Crippen LogP contribution < -0.4 is 10.1 Å². The van der Waals surface area contributed by atoms with Crippen LogP contribution in [0.5, 0.6) is 5.75 Å². The van der Waals surface area contributed by atoms with Crippen LogP contribution in [0.1, 0.15) is 18.4 Å². The number of hydrogen-bond donors (Lipinski definition) is 1. The number of likely N-dealkylation sites (tertiary alicyclic amines) is 1. The van der Waals surface area contributed by atoms with Crippen molar-refractivity contribution < 1.29 is 4.74 Å². The number of anilines is 1. The van der Waals surface area contributed by atoms with Crippen LogP contribution in [-0.2, 0) is 6.54 Å². The lowest BCUT2D eigenvalue weighted by atomic mass is 10.0. The molecule has 1 aromatic heterocycles. The lowest BCUT2D eigenvalue weighted by Crippen LogP contribution is -2.39. The number of rotatable bonds is 5. The minimum atomic E-state index is 0.426. The van der Waals surface area contributed by atoms with Gasteiger partial charge in [0.15, 0.2) is 0 Å². The molecule has 1 saturated heterocycles. The smallest absolute Gasteiger partial charge is 0.222 e. The van der Waals surface area contributed by atoms with Crippen molar-refractivity contribution in [2.75, 3.05) is 25.5 Å². The fourth-order valence-corrected chi connectivity index (χ4v) is 3.10. The van der Waals surface area contributed by atoms with Gasteiger partial charge in [-0.2, -0.15) is 0 Å². The van der Waals surface area contributed by atoms with Crippen molar-refractivity contribution in [2.24, 2.45) is 0 Å². The molecule has 3 rings (SSSR count). The first-order valence-electron chi connectivity index (χ1n) is 7.83. The molecule has 122 valence electrons. The van der Waals surface area contributed by atoms with E-state index in [1.54, 1.807) is 19.5 Å². The molecule has 1 aliphatic rings. The normalized spacial score (nSPS) is 16.3. The highest BCUT2D eigenvalue weighted by Gasteiger charge is 2.20. The molecule has 1 aliphatic heterocycles. The predicted octanol–water partition coefficient (Wildman–Crippen LogP) is 3.22. The lowest BCUT2D eigenvalue weighted by molar-refractivity contribution is 0.208. The van der Waals surface area contributed by atoms with Gasteiger partial charge in [0.2, 0.25) is 5.95 Å². The largest absolute Gasteiger partial charge is 0.496 e. The van der Waals surface area contributed by atoms with E-state index in [9.17, 15) is 0 Å². The average molecular weight is 333 g/mol. The molecule has 0 aliphatic carbocycles. The van der Waals surface area contributed by atoms with Gasteiger partial charge in [0.05, 0.1) is 7.11 Å². The summed E-state index contributed by atoms with van der Waals surface area (Å²) in [5.74, 6) is 1.61. The van der Waals surface area contributed by atoms with Crippen molar-refractivity contribution in [2.45, 2.75) is 25.4 Å².